The molecule has 0 radical (unpaired) electrons. The van der Waals surface area contributed by atoms with Gasteiger partial charge in [-0.3, -0.25) is 0 Å². The molecule has 1 rings (SSSR count). The molecule has 0 saturated heterocycles. The third kappa shape index (κ3) is 5.39. The van der Waals surface area contributed by atoms with Crippen molar-refractivity contribution in [2.45, 2.75) is 38.3 Å². The molecule has 3 nitrogen and oxygen atoms in total. The maximum Gasteiger partial charge on any atom is 0.122 e. The van der Waals surface area contributed by atoms with Crippen LogP contribution in [0.15, 0.2) is 18.2 Å². The van der Waals surface area contributed by atoms with Crippen LogP contribution in [0.1, 0.15) is 25.3 Å². The highest BCUT2D eigenvalue weighted by molar-refractivity contribution is 6.30. The Kier molecular flexibility index (Phi) is 7.21. The van der Waals surface area contributed by atoms with Crippen LogP contribution in [0.2, 0.25) is 5.02 Å². The van der Waals surface area contributed by atoms with Crippen LogP contribution in [0.3, 0.4) is 0 Å². The normalized spacial score (nSPS) is 14.2. The van der Waals surface area contributed by atoms with Gasteiger partial charge in [0.15, 0.2) is 0 Å². The maximum atomic E-state index is 6.05. The van der Waals surface area contributed by atoms with Gasteiger partial charge in [0.2, 0.25) is 0 Å². The van der Waals surface area contributed by atoms with E-state index < -0.39 is 0 Å². The lowest BCUT2D eigenvalue weighted by molar-refractivity contribution is 0.106. The molecule has 0 aliphatic heterocycles. The van der Waals surface area contributed by atoms with E-state index in [-0.39, 0.29) is 6.10 Å². The van der Waals surface area contributed by atoms with Crippen molar-refractivity contribution >= 4 is 11.6 Å². The molecule has 0 aliphatic rings. The van der Waals surface area contributed by atoms with Crippen molar-refractivity contribution in [2.24, 2.45) is 0 Å². The van der Waals surface area contributed by atoms with Crippen LogP contribution in [-0.4, -0.2) is 33.4 Å². The van der Waals surface area contributed by atoms with Gasteiger partial charge in [-0.25, -0.2) is 0 Å². The van der Waals surface area contributed by atoms with Crippen molar-refractivity contribution in [1.29, 1.82) is 0 Å². The number of ether oxygens (including phenoxy) is 2. The Balaban J connectivity index is 2.66. The molecule has 19 heavy (non-hydrogen) atoms. The fourth-order valence-corrected chi connectivity index (χ4v) is 2.27. The molecule has 0 fully saturated rings. The van der Waals surface area contributed by atoms with E-state index in [1.54, 1.807) is 14.2 Å². The summed E-state index contributed by atoms with van der Waals surface area (Å²) >= 11 is 6.05. The summed E-state index contributed by atoms with van der Waals surface area (Å²) in [5.41, 5.74) is 1.14. The Morgan fingerprint density at radius 2 is 2.00 bits per heavy atom. The predicted octanol–water partition coefficient (Wildman–Crippen LogP) is 3.29. The predicted molar refractivity (Wildman–Crippen MR) is 80.3 cm³/mol. The second-order valence-corrected chi connectivity index (χ2v) is 5.21. The highest BCUT2D eigenvalue weighted by Gasteiger charge is 2.13. The number of hydrogen-bond donors (Lipinski definition) is 1. The lowest BCUT2D eigenvalue weighted by Gasteiger charge is -2.19. The lowest BCUT2D eigenvalue weighted by atomic mass is 10.00. The van der Waals surface area contributed by atoms with Crippen LogP contribution < -0.4 is 10.1 Å². The summed E-state index contributed by atoms with van der Waals surface area (Å²) < 4.78 is 10.7. The van der Waals surface area contributed by atoms with Gasteiger partial charge >= 0.3 is 0 Å². The third-order valence-electron chi connectivity index (χ3n) is 3.44. The number of methoxy groups -OCH3 is 2. The van der Waals surface area contributed by atoms with E-state index >= 15 is 0 Å². The van der Waals surface area contributed by atoms with E-state index in [0.29, 0.717) is 6.04 Å². The highest BCUT2D eigenvalue weighted by Crippen LogP contribution is 2.24. The average molecular weight is 286 g/mol. The number of benzene rings is 1. The molecule has 1 aromatic carbocycles. The summed E-state index contributed by atoms with van der Waals surface area (Å²) in [6, 6.07) is 6.14. The first kappa shape index (κ1) is 16.3. The molecule has 4 heteroatoms. The molecule has 0 aliphatic carbocycles. The first-order valence-electron chi connectivity index (χ1n) is 6.63. The molecular weight excluding hydrogens is 262 g/mol. The second-order valence-electron chi connectivity index (χ2n) is 4.77. The van der Waals surface area contributed by atoms with Crippen molar-refractivity contribution in [3.05, 3.63) is 28.8 Å². The fourth-order valence-electron chi connectivity index (χ4n) is 2.07. The Bertz CT molecular complexity index is 384. The van der Waals surface area contributed by atoms with Crippen molar-refractivity contribution in [3.8, 4) is 5.75 Å². The molecule has 0 spiro atoms. The Morgan fingerprint density at radius 1 is 1.26 bits per heavy atom. The number of hydrogen-bond acceptors (Lipinski definition) is 3. The van der Waals surface area contributed by atoms with Crippen LogP contribution in [0.4, 0.5) is 0 Å². The molecule has 0 aromatic heterocycles. The molecule has 0 bridgehead atoms. The minimum Gasteiger partial charge on any atom is -0.496 e. The summed E-state index contributed by atoms with van der Waals surface area (Å²) in [5, 5.41) is 4.09. The molecule has 2 atom stereocenters. The number of likely N-dealkylation sites (N-methyl/N-ethyl adjacent to an activating group) is 1. The maximum absolute atomic E-state index is 6.05. The van der Waals surface area contributed by atoms with Gasteiger partial charge in [0.05, 0.1) is 13.2 Å². The zero-order valence-corrected chi connectivity index (χ0v) is 13.0. The molecule has 1 N–H and O–H groups in total. The van der Waals surface area contributed by atoms with E-state index in [2.05, 4.69) is 12.2 Å². The van der Waals surface area contributed by atoms with Gasteiger partial charge in [-0.1, -0.05) is 11.6 Å². The van der Waals surface area contributed by atoms with E-state index in [9.17, 15) is 0 Å². The Hall–Kier alpha value is -0.770. The monoisotopic (exact) mass is 285 g/mol. The topological polar surface area (TPSA) is 30.5 Å². The van der Waals surface area contributed by atoms with E-state index in [4.69, 9.17) is 21.1 Å². The van der Waals surface area contributed by atoms with Gasteiger partial charge in [-0.05, 0) is 57.0 Å². The highest BCUT2D eigenvalue weighted by atomic mass is 35.5. The van der Waals surface area contributed by atoms with Gasteiger partial charge in [-0.2, -0.15) is 0 Å². The van der Waals surface area contributed by atoms with Gasteiger partial charge in [-0.15, -0.1) is 0 Å². The minimum absolute atomic E-state index is 0.289. The third-order valence-corrected chi connectivity index (χ3v) is 3.68. The average Bonchev–Trinajstić information content (AvgIpc) is 2.43. The summed E-state index contributed by atoms with van der Waals surface area (Å²) in [6.07, 6.45) is 3.28. The van der Waals surface area contributed by atoms with E-state index in [1.807, 2.05) is 25.2 Å². The summed E-state index contributed by atoms with van der Waals surface area (Å²) in [7, 11) is 5.42. The van der Waals surface area contributed by atoms with Crippen molar-refractivity contribution in [1.82, 2.24) is 5.32 Å². The quantitative estimate of drug-likeness (QED) is 0.795. The zero-order valence-electron chi connectivity index (χ0n) is 12.2. The van der Waals surface area contributed by atoms with Gasteiger partial charge in [0.1, 0.15) is 5.75 Å². The Labute approximate surface area is 121 Å². The summed E-state index contributed by atoms with van der Waals surface area (Å²) in [6.45, 7) is 2.09. The number of nitrogens with one attached hydrogen (secondary N) is 1. The molecular formula is C15H24ClNO2. The van der Waals surface area contributed by atoms with Crippen LogP contribution in [-0.2, 0) is 11.2 Å². The summed E-state index contributed by atoms with van der Waals surface area (Å²) in [4.78, 5) is 0. The van der Waals surface area contributed by atoms with Crippen LogP contribution in [0.5, 0.6) is 5.75 Å². The SMILES string of the molecule is CNC(CCC(C)OC)Cc1cc(Cl)ccc1OC. The van der Waals surface area contributed by atoms with Gasteiger partial charge < -0.3 is 14.8 Å². The molecule has 2 unspecified atom stereocenters. The molecule has 0 heterocycles. The summed E-state index contributed by atoms with van der Waals surface area (Å²) in [5.74, 6) is 0.893. The fraction of sp³-hybridized carbons (Fsp3) is 0.600. The standard InChI is InChI=1S/C15H24ClNO2/c1-11(18-3)5-7-14(17-2)10-12-9-13(16)6-8-15(12)19-4/h6,8-9,11,14,17H,5,7,10H2,1-4H3. The first-order chi connectivity index (χ1) is 9.10. The molecule has 108 valence electrons. The number of halogens is 1. The Morgan fingerprint density at radius 3 is 2.58 bits per heavy atom. The molecule has 0 amide bonds. The van der Waals surface area contributed by atoms with Crippen molar-refractivity contribution in [2.75, 3.05) is 21.3 Å². The molecule has 0 saturated carbocycles. The van der Waals surface area contributed by atoms with E-state index in [1.165, 1.54) is 0 Å². The van der Waals surface area contributed by atoms with Gasteiger partial charge in [0, 0.05) is 18.2 Å². The van der Waals surface area contributed by atoms with Gasteiger partial charge in [0.25, 0.3) is 0 Å². The lowest BCUT2D eigenvalue weighted by Crippen LogP contribution is -2.29. The van der Waals surface area contributed by atoms with Crippen LogP contribution >= 0.6 is 11.6 Å². The van der Waals surface area contributed by atoms with Crippen molar-refractivity contribution < 1.29 is 9.47 Å². The largest absolute Gasteiger partial charge is 0.496 e. The van der Waals surface area contributed by atoms with Crippen molar-refractivity contribution in [3.63, 3.8) is 0 Å². The molecule has 1 aromatic rings. The zero-order chi connectivity index (χ0) is 14.3. The smallest absolute Gasteiger partial charge is 0.122 e. The second kappa shape index (κ2) is 8.41. The van der Waals surface area contributed by atoms with E-state index in [0.717, 1.165) is 35.6 Å². The first-order valence-corrected chi connectivity index (χ1v) is 7.01. The van der Waals surface area contributed by atoms with Crippen LogP contribution in [0, 0.1) is 0 Å². The van der Waals surface area contributed by atoms with Crippen LogP contribution in [0.25, 0.3) is 0 Å². The number of rotatable bonds is 8. The minimum atomic E-state index is 0.289.